The number of pyridine rings is 1. The number of aliphatic hydroxyl groups excluding tert-OH is 2. The van der Waals surface area contributed by atoms with Gasteiger partial charge in [0.15, 0.2) is 0 Å². The van der Waals surface area contributed by atoms with Gasteiger partial charge in [0.25, 0.3) is 11.5 Å². The van der Waals surface area contributed by atoms with Crippen LogP contribution in [0, 0.1) is 5.92 Å². The van der Waals surface area contributed by atoms with E-state index in [1.165, 1.54) is 24.4 Å². The molecule has 0 saturated heterocycles. The molecule has 1 fully saturated rings. The zero-order chi connectivity index (χ0) is 25.7. The molecule has 2 atom stereocenters. The lowest BCUT2D eigenvalue weighted by atomic mass is 9.98. The first-order valence-electron chi connectivity index (χ1n) is 11.9. The van der Waals surface area contributed by atoms with Gasteiger partial charge in [-0.1, -0.05) is 43.4 Å². The Labute approximate surface area is 212 Å². The van der Waals surface area contributed by atoms with Crippen LogP contribution in [-0.4, -0.2) is 41.7 Å². The molecule has 11 heteroatoms. The van der Waals surface area contributed by atoms with Crippen molar-refractivity contribution in [2.75, 3.05) is 0 Å². The van der Waals surface area contributed by atoms with E-state index >= 15 is 0 Å². The molecule has 10 nitrogen and oxygen atoms in total. The van der Waals surface area contributed by atoms with Gasteiger partial charge in [-0.2, -0.15) is 9.78 Å². The molecule has 0 aliphatic heterocycles. The average molecular weight is 514 g/mol. The molecule has 36 heavy (non-hydrogen) atoms. The molecule has 1 aliphatic rings. The number of hydrogen-bond donors (Lipinski definition) is 3. The Balaban J connectivity index is 1.59. The third-order valence-electron chi connectivity index (χ3n) is 6.41. The molecule has 1 aliphatic carbocycles. The smallest absolute Gasteiger partial charge is 0.352 e. The van der Waals surface area contributed by atoms with Crippen LogP contribution in [0.3, 0.4) is 0 Å². The Hall–Kier alpha value is -3.34. The maximum Gasteiger partial charge on any atom is 0.352 e. The molecule has 2 heterocycles. The number of rotatable bonds is 7. The molecule has 2 unspecified atom stereocenters. The lowest BCUT2D eigenvalue weighted by Crippen LogP contribution is -2.42. The second kappa shape index (κ2) is 11.6. The van der Waals surface area contributed by atoms with Crippen LogP contribution in [0.5, 0.6) is 0 Å². The van der Waals surface area contributed by atoms with Crippen LogP contribution in [0.15, 0.2) is 58.4 Å². The van der Waals surface area contributed by atoms with Gasteiger partial charge in [0, 0.05) is 12.1 Å². The van der Waals surface area contributed by atoms with E-state index < -0.39 is 29.5 Å². The fourth-order valence-corrected chi connectivity index (χ4v) is 4.60. The van der Waals surface area contributed by atoms with Crippen LogP contribution >= 0.6 is 11.6 Å². The molecule has 3 N–H and O–H groups in total. The van der Waals surface area contributed by atoms with Crippen LogP contribution < -0.4 is 16.6 Å². The van der Waals surface area contributed by atoms with E-state index in [0.717, 1.165) is 54.0 Å². The van der Waals surface area contributed by atoms with Crippen molar-refractivity contribution in [2.24, 2.45) is 5.92 Å². The van der Waals surface area contributed by atoms with E-state index in [9.17, 15) is 24.6 Å². The van der Waals surface area contributed by atoms with Crippen LogP contribution in [0.2, 0.25) is 5.02 Å². The Morgan fingerprint density at radius 1 is 1.11 bits per heavy atom. The van der Waals surface area contributed by atoms with Crippen LogP contribution in [0.4, 0.5) is 0 Å². The van der Waals surface area contributed by atoms with Crippen LogP contribution in [-0.2, 0) is 6.54 Å². The van der Waals surface area contributed by atoms with Gasteiger partial charge in [0.05, 0.1) is 28.5 Å². The number of benzene rings is 1. The summed E-state index contributed by atoms with van der Waals surface area (Å²) < 4.78 is 1.79. The third-order valence-corrected chi connectivity index (χ3v) is 6.74. The maximum atomic E-state index is 13.1. The predicted octanol–water partition coefficient (Wildman–Crippen LogP) is 2.19. The van der Waals surface area contributed by atoms with Crippen molar-refractivity contribution in [1.82, 2.24) is 24.6 Å². The summed E-state index contributed by atoms with van der Waals surface area (Å²) >= 11 is 6.26. The number of nitrogens with zero attached hydrogens (tertiary/aromatic N) is 4. The van der Waals surface area contributed by atoms with Crippen molar-refractivity contribution < 1.29 is 15.0 Å². The molecule has 1 saturated carbocycles. The van der Waals surface area contributed by atoms with E-state index in [1.807, 2.05) is 0 Å². The lowest BCUT2D eigenvalue weighted by Gasteiger charge is -2.22. The molecule has 4 rings (SSSR count). The lowest BCUT2D eigenvalue weighted by molar-refractivity contribution is 0.0532. The highest BCUT2D eigenvalue weighted by Gasteiger charge is 2.24. The van der Waals surface area contributed by atoms with Crippen molar-refractivity contribution in [3.63, 3.8) is 0 Å². The SMILES string of the molecule is O=C(NC(O)C1CCCCCC1)c1cc(-n2ncc(=O)n(CC(O)c3ccccn3)c2=O)ccc1Cl. The van der Waals surface area contributed by atoms with Gasteiger partial charge in [0.1, 0.15) is 18.5 Å². The second-order valence-corrected chi connectivity index (χ2v) is 9.30. The first-order chi connectivity index (χ1) is 17.3. The highest BCUT2D eigenvalue weighted by Crippen LogP contribution is 2.25. The highest BCUT2D eigenvalue weighted by molar-refractivity contribution is 6.33. The van der Waals surface area contributed by atoms with E-state index in [1.54, 1.807) is 18.2 Å². The van der Waals surface area contributed by atoms with Crippen molar-refractivity contribution in [3.05, 3.63) is 85.9 Å². The van der Waals surface area contributed by atoms with Gasteiger partial charge < -0.3 is 15.5 Å². The van der Waals surface area contributed by atoms with Gasteiger partial charge in [-0.15, -0.1) is 0 Å². The Kier molecular flexibility index (Phi) is 8.29. The van der Waals surface area contributed by atoms with E-state index in [2.05, 4.69) is 15.4 Å². The summed E-state index contributed by atoms with van der Waals surface area (Å²) in [7, 11) is 0. The molecule has 0 spiro atoms. The predicted molar refractivity (Wildman–Crippen MR) is 133 cm³/mol. The maximum absolute atomic E-state index is 13.1. The van der Waals surface area contributed by atoms with Crippen molar-refractivity contribution in [1.29, 1.82) is 0 Å². The normalized spacial score (nSPS) is 16.2. The molecule has 1 amide bonds. The highest BCUT2D eigenvalue weighted by atomic mass is 35.5. The number of halogens is 1. The van der Waals surface area contributed by atoms with E-state index in [0.29, 0.717) is 5.69 Å². The fraction of sp³-hybridized carbons (Fsp3) is 0.400. The van der Waals surface area contributed by atoms with Gasteiger partial charge in [0.2, 0.25) is 0 Å². The van der Waals surface area contributed by atoms with Crippen LogP contribution in [0.1, 0.15) is 60.7 Å². The molecule has 190 valence electrons. The topological polar surface area (TPSA) is 139 Å². The number of amides is 1. The number of nitrogens with one attached hydrogen (secondary N) is 1. The Bertz CT molecular complexity index is 1320. The summed E-state index contributed by atoms with van der Waals surface area (Å²) in [5.41, 5.74) is -0.930. The van der Waals surface area contributed by atoms with E-state index in [4.69, 9.17) is 11.6 Å². The van der Waals surface area contributed by atoms with E-state index in [-0.39, 0.29) is 28.7 Å². The number of aliphatic hydroxyl groups is 2. The minimum atomic E-state index is -1.19. The largest absolute Gasteiger partial charge is 0.385 e. The standard InChI is InChI=1S/C25H28ClN5O5/c26-19-11-10-17(13-18(19)24(35)29-23(34)16-7-3-1-2-4-8-16)31-25(36)30(22(33)14-28-31)15-21(32)20-9-5-6-12-27-20/h5-6,9-14,16,21,23,32,34H,1-4,7-8,15H2,(H,29,35). The Morgan fingerprint density at radius 3 is 2.56 bits per heavy atom. The van der Waals surface area contributed by atoms with Gasteiger partial charge in [-0.05, 0) is 43.2 Å². The average Bonchev–Trinajstić information content (AvgIpc) is 3.17. The van der Waals surface area contributed by atoms with Crippen molar-refractivity contribution in [3.8, 4) is 5.69 Å². The minimum Gasteiger partial charge on any atom is -0.385 e. The van der Waals surface area contributed by atoms with Gasteiger partial charge in [-0.25, -0.2) is 4.79 Å². The van der Waals surface area contributed by atoms with Crippen molar-refractivity contribution in [2.45, 2.75) is 57.4 Å². The molecular formula is C25H28ClN5O5. The zero-order valence-corrected chi connectivity index (χ0v) is 20.3. The number of aromatic nitrogens is 4. The number of carbonyl (C=O) groups excluding carboxylic acids is 1. The molecule has 2 aromatic heterocycles. The summed E-state index contributed by atoms with van der Waals surface area (Å²) in [6.45, 7) is -0.328. The van der Waals surface area contributed by atoms with Crippen LogP contribution in [0.25, 0.3) is 5.69 Å². The first-order valence-corrected chi connectivity index (χ1v) is 12.3. The summed E-state index contributed by atoms with van der Waals surface area (Å²) in [6.07, 6.45) is 6.18. The summed E-state index contributed by atoms with van der Waals surface area (Å²) in [5.74, 6) is -0.609. The fourth-order valence-electron chi connectivity index (χ4n) is 4.40. The summed E-state index contributed by atoms with van der Waals surface area (Å²) in [6, 6.07) is 9.26. The monoisotopic (exact) mass is 513 g/mol. The third kappa shape index (κ3) is 5.89. The molecule has 1 aromatic carbocycles. The zero-order valence-electron chi connectivity index (χ0n) is 19.6. The van der Waals surface area contributed by atoms with Gasteiger partial charge in [-0.3, -0.25) is 19.1 Å². The first kappa shape index (κ1) is 25.7. The number of hydrogen-bond acceptors (Lipinski definition) is 7. The molecule has 0 radical (unpaired) electrons. The Morgan fingerprint density at radius 2 is 1.86 bits per heavy atom. The molecule has 3 aromatic rings. The summed E-state index contributed by atoms with van der Waals surface area (Å²) in [4.78, 5) is 42.4. The summed E-state index contributed by atoms with van der Waals surface area (Å²) in [5, 5.41) is 27.7. The minimum absolute atomic E-state index is 0.0308. The van der Waals surface area contributed by atoms with Crippen molar-refractivity contribution >= 4 is 17.5 Å². The number of carbonyl (C=O) groups is 1. The van der Waals surface area contributed by atoms with Gasteiger partial charge >= 0.3 is 5.69 Å². The molecule has 0 bridgehead atoms. The molecular weight excluding hydrogens is 486 g/mol. The second-order valence-electron chi connectivity index (χ2n) is 8.89. The quantitative estimate of drug-likeness (QED) is 0.325.